The zero-order chi connectivity index (χ0) is 10.9. The van der Waals surface area contributed by atoms with E-state index >= 15 is 0 Å². The smallest absolute Gasteiger partial charge is 0.200 e. The fourth-order valence-electron chi connectivity index (χ4n) is 1.56. The molecule has 1 aromatic rings. The summed E-state index contributed by atoms with van der Waals surface area (Å²) in [5.41, 5.74) is 1.85. The van der Waals surface area contributed by atoms with E-state index in [1.54, 1.807) is 6.08 Å². The highest BCUT2D eigenvalue weighted by Crippen LogP contribution is 2.34. The second kappa shape index (κ2) is 3.93. The fourth-order valence-corrected chi connectivity index (χ4v) is 2.13. The molecule has 3 heteroatoms. The quantitative estimate of drug-likeness (QED) is 0.604. The molecule has 1 aliphatic rings. The summed E-state index contributed by atoms with van der Waals surface area (Å²) >= 11 is 3.29. The number of benzene rings is 1. The standard InChI is InChI=1S/C12H11BrO2/c13-11-10(7-4-8-12(11,14)15)9-5-2-1-3-6-9/h1-8,11,14-15H. The molecule has 15 heavy (non-hydrogen) atoms. The Hall–Kier alpha value is -0.900. The van der Waals surface area contributed by atoms with Gasteiger partial charge >= 0.3 is 0 Å². The predicted molar refractivity (Wildman–Crippen MR) is 63.4 cm³/mol. The van der Waals surface area contributed by atoms with Crippen LogP contribution in [0.1, 0.15) is 5.56 Å². The molecule has 2 rings (SSSR count). The van der Waals surface area contributed by atoms with Gasteiger partial charge in [-0.1, -0.05) is 58.4 Å². The zero-order valence-electron chi connectivity index (χ0n) is 7.97. The summed E-state index contributed by atoms with van der Waals surface area (Å²) < 4.78 is 0. The summed E-state index contributed by atoms with van der Waals surface area (Å²) in [6.07, 6.45) is 4.89. The minimum Gasteiger partial charge on any atom is -0.361 e. The molecule has 0 spiro atoms. The second-order valence-electron chi connectivity index (χ2n) is 3.49. The Kier molecular flexibility index (Phi) is 2.78. The van der Waals surface area contributed by atoms with Gasteiger partial charge in [0.15, 0.2) is 5.79 Å². The molecule has 0 bridgehead atoms. The molecule has 0 aromatic heterocycles. The number of hydrogen-bond donors (Lipinski definition) is 2. The Bertz CT molecular complexity index is 407. The van der Waals surface area contributed by atoms with Crippen molar-refractivity contribution >= 4 is 21.5 Å². The predicted octanol–water partition coefficient (Wildman–Crippen LogP) is 2.08. The molecule has 0 saturated heterocycles. The molecule has 1 aromatic carbocycles. The average molecular weight is 267 g/mol. The minimum absolute atomic E-state index is 0.502. The maximum atomic E-state index is 9.66. The van der Waals surface area contributed by atoms with Crippen LogP contribution in [-0.4, -0.2) is 20.8 Å². The Morgan fingerprint density at radius 3 is 2.47 bits per heavy atom. The van der Waals surface area contributed by atoms with Gasteiger partial charge in [-0.15, -0.1) is 0 Å². The SMILES string of the molecule is OC1(O)C=CC=C(c2ccccc2)C1Br. The molecule has 1 unspecified atom stereocenters. The molecule has 0 aliphatic heterocycles. The molecule has 0 fully saturated rings. The first-order valence-electron chi connectivity index (χ1n) is 4.65. The number of rotatable bonds is 1. The van der Waals surface area contributed by atoms with Crippen LogP contribution in [0, 0.1) is 0 Å². The van der Waals surface area contributed by atoms with Crippen molar-refractivity contribution in [2.24, 2.45) is 0 Å². The van der Waals surface area contributed by atoms with Crippen molar-refractivity contribution < 1.29 is 10.2 Å². The lowest BCUT2D eigenvalue weighted by molar-refractivity contribution is -0.107. The van der Waals surface area contributed by atoms with Crippen molar-refractivity contribution in [3.63, 3.8) is 0 Å². The summed E-state index contributed by atoms with van der Waals surface area (Å²) in [6.45, 7) is 0. The van der Waals surface area contributed by atoms with Crippen LogP contribution in [0.3, 0.4) is 0 Å². The van der Waals surface area contributed by atoms with Crippen molar-refractivity contribution in [3.05, 3.63) is 54.1 Å². The largest absolute Gasteiger partial charge is 0.361 e. The van der Waals surface area contributed by atoms with E-state index in [1.165, 1.54) is 6.08 Å². The third kappa shape index (κ3) is 2.04. The van der Waals surface area contributed by atoms with Gasteiger partial charge in [0.2, 0.25) is 0 Å². The first-order chi connectivity index (χ1) is 7.11. The normalized spacial score (nSPS) is 23.7. The lowest BCUT2D eigenvalue weighted by Gasteiger charge is -2.28. The maximum absolute atomic E-state index is 9.66. The average Bonchev–Trinajstić information content (AvgIpc) is 2.23. The monoisotopic (exact) mass is 266 g/mol. The van der Waals surface area contributed by atoms with E-state index < -0.39 is 10.6 Å². The third-order valence-electron chi connectivity index (χ3n) is 2.37. The Labute approximate surface area is 96.7 Å². The van der Waals surface area contributed by atoms with Gasteiger partial charge in [0, 0.05) is 0 Å². The van der Waals surface area contributed by atoms with Gasteiger partial charge in [-0.05, 0) is 17.2 Å². The Balaban J connectivity index is 2.39. The Morgan fingerprint density at radius 2 is 1.80 bits per heavy atom. The van der Waals surface area contributed by atoms with Gasteiger partial charge in [0.25, 0.3) is 0 Å². The highest BCUT2D eigenvalue weighted by Gasteiger charge is 2.34. The van der Waals surface area contributed by atoms with Gasteiger partial charge in [-0.3, -0.25) is 0 Å². The topological polar surface area (TPSA) is 40.5 Å². The summed E-state index contributed by atoms with van der Waals surface area (Å²) in [7, 11) is 0. The van der Waals surface area contributed by atoms with E-state index in [0.717, 1.165) is 11.1 Å². The number of aliphatic hydroxyl groups is 2. The van der Waals surface area contributed by atoms with Crippen LogP contribution < -0.4 is 0 Å². The van der Waals surface area contributed by atoms with Crippen LogP contribution in [0.25, 0.3) is 5.57 Å². The number of halogens is 1. The van der Waals surface area contributed by atoms with Crippen molar-refractivity contribution in [1.29, 1.82) is 0 Å². The molecule has 0 heterocycles. The lowest BCUT2D eigenvalue weighted by atomic mass is 9.93. The summed E-state index contributed by atoms with van der Waals surface area (Å²) in [6, 6.07) is 9.65. The molecular weight excluding hydrogens is 256 g/mol. The van der Waals surface area contributed by atoms with E-state index in [4.69, 9.17) is 0 Å². The van der Waals surface area contributed by atoms with Crippen molar-refractivity contribution in [2.75, 3.05) is 0 Å². The van der Waals surface area contributed by atoms with Gasteiger partial charge in [0.1, 0.15) is 0 Å². The van der Waals surface area contributed by atoms with E-state index in [-0.39, 0.29) is 0 Å². The first kappa shape index (κ1) is 10.6. The molecule has 1 aliphatic carbocycles. The van der Waals surface area contributed by atoms with Gasteiger partial charge < -0.3 is 10.2 Å². The second-order valence-corrected chi connectivity index (χ2v) is 4.41. The van der Waals surface area contributed by atoms with Crippen molar-refractivity contribution in [3.8, 4) is 0 Å². The molecule has 0 saturated carbocycles. The van der Waals surface area contributed by atoms with Crippen LogP contribution in [0.5, 0.6) is 0 Å². The zero-order valence-corrected chi connectivity index (χ0v) is 9.55. The van der Waals surface area contributed by atoms with Crippen LogP contribution in [-0.2, 0) is 0 Å². The van der Waals surface area contributed by atoms with Crippen LogP contribution in [0.4, 0.5) is 0 Å². The van der Waals surface area contributed by atoms with E-state index in [1.807, 2.05) is 36.4 Å². The summed E-state index contributed by atoms with van der Waals surface area (Å²) in [5, 5.41) is 19.3. The molecule has 0 radical (unpaired) electrons. The fraction of sp³-hybridized carbons (Fsp3) is 0.167. The van der Waals surface area contributed by atoms with Gasteiger partial charge in [-0.25, -0.2) is 0 Å². The van der Waals surface area contributed by atoms with E-state index in [0.29, 0.717) is 0 Å². The van der Waals surface area contributed by atoms with Crippen molar-refractivity contribution in [2.45, 2.75) is 10.6 Å². The highest BCUT2D eigenvalue weighted by molar-refractivity contribution is 9.09. The van der Waals surface area contributed by atoms with Crippen molar-refractivity contribution in [1.82, 2.24) is 0 Å². The Morgan fingerprint density at radius 1 is 1.13 bits per heavy atom. The van der Waals surface area contributed by atoms with Crippen LogP contribution in [0.15, 0.2) is 48.6 Å². The third-order valence-corrected chi connectivity index (χ3v) is 3.54. The van der Waals surface area contributed by atoms with E-state index in [9.17, 15) is 10.2 Å². The molecule has 2 nitrogen and oxygen atoms in total. The summed E-state index contributed by atoms with van der Waals surface area (Å²) in [4.78, 5) is -0.502. The molecule has 2 N–H and O–H groups in total. The highest BCUT2D eigenvalue weighted by atomic mass is 79.9. The number of allylic oxidation sites excluding steroid dienone is 2. The maximum Gasteiger partial charge on any atom is 0.200 e. The van der Waals surface area contributed by atoms with Crippen LogP contribution >= 0.6 is 15.9 Å². The summed E-state index contributed by atoms with van der Waals surface area (Å²) in [5.74, 6) is -1.82. The van der Waals surface area contributed by atoms with Gasteiger partial charge in [-0.2, -0.15) is 0 Å². The first-order valence-corrected chi connectivity index (χ1v) is 5.56. The van der Waals surface area contributed by atoms with Crippen LogP contribution in [0.2, 0.25) is 0 Å². The number of alkyl halides is 1. The van der Waals surface area contributed by atoms with E-state index in [2.05, 4.69) is 15.9 Å². The molecule has 1 atom stereocenters. The molecule has 78 valence electrons. The van der Waals surface area contributed by atoms with Gasteiger partial charge in [0.05, 0.1) is 4.83 Å². The molecule has 0 amide bonds. The lowest BCUT2D eigenvalue weighted by Crippen LogP contribution is -2.38. The number of hydrogen-bond acceptors (Lipinski definition) is 2. The minimum atomic E-state index is -1.82. The molecular formula is C12H11BrO2.